The SMILES string of the molecule is O=C(O[C@@H]1[C@H](OC(=O)c2ccccc2)[C@@H](COCc2ccccc2)O[C@@H]1O)c1ccccc1. The fourth-order valence-corrected chi connectivity index (χ4v) is 3.51. The first-order chi connectivity index (χ1) is 16.1. The second kappa shape index (κ2) is 10.9. The fourth-order valence-electron chi connectivity index (χ4n) is 3.51. The molecule has 7 nitrogen and oxygen atoms in total. The summed E-state index contributed by atoms with van der Waals surface area (Å²) in [6.07, 6.45) is -4.58. The summed E-state index contributed by atoms with van der Waals surface area (Å²) < 4.78 is 22.5. The predicted octanol–water partition coefficient (Wildman–Crippen LogP) is 3.37. The quantitative estimate of drug-likeness (QED) is 0.528. The van der Waals surface area contributed by atoms with Gasteiger partial charge in [0.15, 0.2) is 18.5 Å². The molecule has 1 N–H and O–H groups in total. The third kappa shape index (κ3) is 5.84. The van der Waals surface area contributed by atoms with Crippen LogP contribution >= 0.6 is 0 Å². The number of carbonyl (C=O) groups excluding carboxylic acids is 2. The van der Waals surface area contributed by atoms with Crippen molar-refractivity contribution in [2.45, 2.75) is 31.2 Å². The summed E-state index contributed by atoms with van der Waals surface area (Å²) in [7, 11) is 0. The minimum atomic E-state index is -1.48. The molecule has 1 saturated heterocycles. The predicted molar refractivity (Wildman–Crippen MR) is 118 cm³/mol. The van der Waals surface area contributed by atoms with E-state index < -0.39 is 36.5 Å². The van der Waals surface area contributed by atoms with Crippen molar-refractivity contribution in [1.82, 2.24) is 0 Å². The number of aliphatic hydroxyl groups excluding tert-OH is 1. The molecule has 0 saturated carbocycles. The maximum absolute atomic E-state index is 12.7. The summed E-state index contributed by atoms with van der Waals surface area (Å²) in [6.45, 7) is 0.336. The molecular weight excluding hydrogens is 424 g/mol. The number of hydrogen-bond donors (Lipinski definition) is 1. The zero-order valence-corrected chi connectivity index (χ0v) is 17.8. The van der Waals surface area contributed by atoms with Crippen LogP contribution in [0.1, 0.15) is 26.3 Å². The first-order valence-corrected chi connectivity index (χ1v) is 10.6. The smallest absolute Gasteiger partial charge is 0.338 e. The summed E-state index contributed by atoms with van der Waals surface area (Å²) >= 11 is 0. The number of carbonyl (C=O) groups is 2. The van der Waals surface area contributed by atoms with E-state index >= 15 is 0 Å². The second-order valence-electron chi connectivity index (χ2n) is 7.54. The zero-order valence-electron chi connectivity index (χ0n) is 17.8. The molecule has 0 amide bonds. The van der Waals surface area contributed by atoms with E-state index in [1.807, 2.05) is 30.3 Å². The number of hydrogen-bond acceptors (Lipinski definition) is 7. The zero-order chi connectivity index (χ0) is 23.0. The van der Waals surface area contributed by atoms with Gasteiger partial charge in [0, 0.05) is 0 Å². The van der Waals surface area contributed by atoms with Gasteiger partial charge in [-0.1, -0.05) is 66.7 Å². The molecule has 4 rings (SSSR count). The van der Waals surface area contributed by atoms with E-state index in [9.17, 15) is 14.7 Å². The van der Waals surface area contributed by atoms with E-state index in [0.29, 0.717) is 17.7 Å². The van der Waals surface area contributed by atoms with E-state index in [-0.39, 0.29) is 6.61 Å². The summed E-state index contributed by atoms with van der Waals surface area (Å²) in [5.74, 6) is -1.28. The summed E-state index contributed by atoms with van der Waals surface area (Å²) in [6, 6.07) is 26.3. The average molecular weight is 448 g/mol. The highest BCUT2D eigenvalue weighted by molar-refractivity contribution is 5.90. The van der Waals surface area contributed by atoms with E-state index in [0.717, 1.165) is 5.56 Å². The molecule has 7 heteroatoms. The van der Waals surface area contributed by atoms with Crippen molar-refractivity contribution in [2.24, 2.45) is 0 Å². The lowest BCUT2D eigenvalue weighted by atomic mass is 10.1. The molecule has 0 aliphatic carbocycles. The molecule has 0 unspecified atom stereocenters. The molecule has 0 radical (unpaired) electrons. The Labute approximate surface area is 191 Å². The van der Waals surface area contributed by atoms with Crippen molar-refractivity contribution in [3.8, 4) is 0 Å². The first kappa shape index (κ1) is 22.7. The molecule has 170 valence electrons. The van der Waals surface area contributed by atoms with Crippen molar-refractivity contribution >= 4 is 11.9 Å². The Balaban J connectivity index is 1.48. The van der Waals surface area contributed by atoms with Crippen LogP contribution in [-0.4, -0.2) is 48.3 Å². The number of aliphatic hydroxyl groups is 1. The molecule has 1 fully saturated rings. The van der Waals surface area contributed by atoms with Crippen molar-refractivity contribution in [3.63, 3.8) is 0 Å². The molecular formula is C26H24O7. The molecule has 1 aliphatic rings. The second-order valence-corrected chi connectivity index (χ2v) is 7.54. The molecule has 0 bridgehead atoms. The van der Waals surface area contributed by atoms with Crippen LogP contribution in [0, 0.1) is 0 Å². The monoisotopic (exact) mass is 448 g/mol. The summed E-state index contributed by atoms with van der Waals surface area (Å²) in [4.78, 5) is 25.3. The topological polar surface area (TPSA) is 91.3 Å². The molecule has 0 spiro atoms. The van der Waals surface area contributed by atoms with Crippen LogP contribution in [-0.2, 0) is 25.6 Å². The number of esters is 2. The van der Waals surface area contributed by atoms with Gasteiger partial charge in [-0.25, -0.2) is 9.59 Å². The maximum Gasteiger partial charge on any atom is 0.338 e. The van der Waals surface area contributed by atoms with Crippen molar-refractivity contribution < 1.29 is 33.6 Å². The van der Waals surface area contributed by atoms with Gasteiger partial charge in [-0.05, 0) is 29.8 Å². The Morgan fingerprint density at radius 2 is 1.21 bits per heavy atom. The molecule has 3 aromatic carbocycles. The van der Waals surface area contributed by atoms with Gasteiger partial charge in [0.2, 0.25) is 0 Å². The third-order valence-electron chi connectivity index (χ3n) is 5.18. The van der Waals surface area contributed by atoms with E-state index in [1.54, 1.807) is 60.7 Å². The Morgan fingerprint density at radius 3 is 1.76 bits per heavy atom. The van der Waals surface area contributed by atoms with Gasteiger partial charge in [-0.15, -0.1) is 0 Å². The molecule has 33 heavy (non-hydrogen) atoms. The van der Waals surface area contributed by atoms with Crippen LogP contribution in [0.4, 0.5) is 0 Å². The van der Waals surface area contributed by atoms with Gasteiger partial charge >= 0.3 is 11.9 Å². The van der Waals surface area contributed by atoms with Crippen LogP contribution in [0.15, 0.2) is 91.0 Å². The minimum absolute atomic E-state index is 0.0259. The number of benzene rings is 3. The molecule has 1 heterocycles. The average Bonchev–Trinajstić information content (AvgIpc) is 3.14. The molecule has 3 aromatic rings. The lowest BCUT2D eigenvalue weighted by Gasteiger charge is -2.23. The summed E-state index contributed by atoms with van der Waals surface area (Å²) in [5, 5.41) is 10.5. The van der Waals surface area contributed by atoms with Crippen LogP contribution in [0.25, 0.3) is 0 Å². The van der Waals surface area contributed by atoms with Crippen molar-refractivity contribution in [3.05, 3.63) is 108 Å². The van der Waals surface area contributed by atoms with Crippen molar-refractivity contribution in [1.29, 1.82) is 0 Å². The maximum atomic E-state index is 12.7. The van der Waals surface area contributed by atoms with Crippen molar-refractivity contribution in [2.75, 3.05) is 6.61 Å². The Kier molecular flexibility index (Phi) is 7.47. The lowest BCUT2D eigenvalue weighted by Crippen LogP contribution is -2.41. The summed E-state index contributed by atoms with van der Waals surface area (Å²) in [5.41, 5.74) is 1.60. The highest BCUT2D eigenvalue weighted by Crippen LogP contribution is 2.28. The van der Waals surface area contributed by atoms with Crippen LogP contribution < -0.4 is 0 Å². The largest absolute Gasteiger partial charge is 0.452 e. The third-order valence-corrected chi connectivity index (χ3v) is 5.18. The van der Waals surface area contributed by atoms with Gasteiger partial charge in [-0.2, -0.15) is 0 Å². The number of rotatable bonds is 8. The first-order valence-electron chi connectivity index (χ1n) is 10.6. The van der Waals surface area contributed by atoms with Gasteiger partial charge < -0.3 is 24.1 Å². The molecule has 0 aromatic heterocycles. The van der Waals surface area contributed by atoms with Crippen LogP contribution in [0.2, 0.25) is 0 Å². The Hall–Kier alpha value is -3.52. The van der Waals surface area contributed by atoms with E-state index in [2.05, 4.69) is 0 Å². The Bertz CT molecular complexity index is 1040. The van der Waals surface area contributed by atoms with Crippen LogP contribution in [0.5, 0.6) is 0 Å². The Morgan fingerprint density at radius 1 is 0.727 bits per heavy atom. The standard InChI is InChI=1S/C26H24O7/c27-24(19-12-6-2-7-13-19)32-22-21(17-30-16-18-10-4-1-5-11-18)31-26(29)23(22)33-25(28)20-14-8-3-9-15-20/h1-15,21-23,26,29H,16-17H2/t21-,22-,23-,26+/m1/s1. The molecule has 4 atom stereocenters. The van der Waals surface area contributed by atoms with Gasteiger partial charge in [-0.3, -0.25) is 0 Å². The number of ether oxygens (including phenoxy) is 4. The highest BCUT2D eigenvalue weighted by Gasteiger charge is 2.49. The van der Waals surface area contributed by atoms with Gasteiger partial charge in [0.25, 0.3) is 0 Å². The lowest BCUT2D eigenvalue weighted by molar-refractivity contribution is -0.139. The highest BCUT2D eigenvalue weighted by atomic mass is 16.7. The van der Waals surface area contributed by atoms with Crippen LogP contribution in [0.3, 0.4) is 0 Å². The molecule has 1 aliphatic heterocycles. The van der Waals surface area contributed by atoms with Gasteiger partial charge in [0.1, 0.15) is 6.10 Å². The normalized spacial score (nSPS) is 22.0. The van der Waals surface area contributed by atoms with Gasteiger partial charge in [0.05, 0.1) is 24.3 Å². The van der Waals surface area contributed by atoms with E-state index in [4.69, 9.17) is 18.9 Å². The van der Waals surface area contributed by atoms with E-state index in [1.165, 1.54) is 0 Å². The fraction of sp³-hybridized carbons (Fsp3) is 0.231. The minimum Gasteiger partial charge on any atom is -0.452 e.